The second-order valence-corrected chi connectivity index (χ2v) is 5.48. The molecule has 2 rings (SSSR count). The minimum absolute atomic E-state index is 0.879. The van der Waals surface area contributed by atoms with Gasteiger partial charge in [-0.1, -0.05) is 75.0 Å². The Balaban J connectivity index is 0.00000116. The average molecular weight is 292 g/mol. The van der Waals surface area contributed by atoms with Gasteiger partial charge in [-0.25, -0.2) is 0 Å². The van der Waals surface area contributed by atoms with Gasteiger partial charge in [-0.15, -0.1) is 0 Å². The fraction of sp³-hybridized carbons (Fsp3) is 0.273. The lowest BCUT2D eigenvalue weighted by Gasteiger charge is -2.17. The third kappa shape index (κ3) is 4.21. The van der Waals surface area contributed by atoms with Crippen LogP contribution < -0.4 is 0 Å². The van der Waals surface area contributed by atoms with Crippen LogP contribution in [0.1, 0.15) is 48.6 Å². The van der Waals surface area contributed by atoms with Crippen molar-refractivity contribution >= 4 is 11.1 Å². The van der Waals surface area contributed by atoms with Crippen molar-refractivity contribution in [2.75, 3.05) is 0 Å². The van der Waals surface area contributed by atoms with Gasteiger partial charge >= 0.3 is 0 Å². The van der Waals surface area contributed by atoms with Gasteiger partial charge in [-0.3, -0.25) is 0 Å². The van der Waals surface area contributed by atoms with Crippen LogP contribution in [-0.4, -0.2) is 0 Å². The quantitative estimate of drug-likeness (QED) is 0.594. The summed E-state index contributed by atoms with van der Waals surface area (Å²) in [6, 6.07) is 14.8. The van der Waals surface area contributed by atoms with Crippen molar-refractivity contribution < 1.29 is 0 Å². The fourth-order valence-corrected chi connectivity index (χ4v) is 2.60. The number of benzene rings is 2. The van der Waals surface area contributed by atoms with Crippen LogP contribution >= 0.6 is 0 Å². The predicted molar refractivity (Wildman–Crippen MR) is 101 cm³/mol. The SMILES string of the molecule is C=C(Cc1ccccc1)c1ccc(C)c(C)c1C(=C)C.CC. The minimum atomic E-state index is 0.879. The first-order valence-corrected chi connectivity index (χ1v) is 7.99. The maximum absolute atomic E-state index is 4.29. The molecule has 0 saturated carbocycles. The number of hydrogen-bond acceptors (Lipinski definition) is 0. The van der Waals surface area contributed by atoms with E-state index < -0.39 is 0 Å². The van der Waals surface area contributed by atoms with Crippen LogP contribution in [0.4, 0.5) is 0 Å². The lowest BCUT2D eigenvalue weighted by atomic mass is 9.88. The van der Waals surface area contributed by atoms with Crippen molar-refractivity contribution in [3.8, 4) is 0 Å². The molecule has 0 heterocycles. The van der Waals surface area contributed by atoms with Crippen LogP contribution in [0.2, 0.25) is 0 Å². The van der Waals surface area contributed by atoms with Crippen molar-refractivity contribution in [2.24, 2.45) is 0 Å². The highest BCUT2D eigenvalue weighted by Gasteiger charge is 2.11. The van der Waals surface area contributed by atoms with E-state index in [-0.39, 0.29) is 0 Å². The van der Waals surface area contributed by atoms with E-state index in [1.54, 1.807) is 0 Å². The van der Waals surface area contributed by atoms with E-state index in [0.717, 1.165) is 17.6 Å². The van der Waals surface area contributed by atoms with Gasteiger partial charge in [0.05, 0.1) is 0 Å². The normalized spacial score (nSPS) is 9.68. The molecule has 0 nitrogen and oxygen atoms in total. The first-order chi connectivity index (χ1) is 10.5. The summed E-state index contributed by atoms with van der Waals surface area (Å²) in [7, 11) is 0. The molecule has 0 aliphatic heterocycles. The Bertz CT molecular complexity index is 645. The standard InChI is InChI=1S/C20H22.C2H6/c1-14(2)20-17(5)15(3)11-12-19(20)16(4)13-18-9-7-6-8-10-18;1-2/h6-12H,1,4,13H2,2-3,5H3;1-2H3. The molecule has 0 radical (unpaired) electrons. The molecule has 22 heavy (non-hydrogen) atoms. The maximum atomic E-state index is 4.29. The summed E-state index contributed by atoms with van der Waals surface area (Å²) in [6.45, 7) is 18.8. The summed E-state index contributed by atoms with van der Waals surface area (Å²) < 4.78 is 0. The molecular formula is C22H28. The van der Waals surface area contributed by atoms with Crippen LogP contribution in [0.5, 0.6) is 0 Å². The third-order valence-electron chi connectivity index (χ3n) is 3.80. The second-order valence-electron chi connectivity index (χ2n) is 5.48. The summed E-state index contributed by atoms with van der Waals surface area (Å²) in [5.74, 6) is 0. The van der Waals surface area contributed by atoms with Crippen molar-refractivity contribution in [1.29, 1.82) is 0 Å². The molecule has 0 atom stereocenters. The first kappa shape index (κ1) is 18.0. The van der Waals surface area contributed by atoms with E-state index in [1.807, 2.05) is 19.9 Å². The fourth-order valence-electron chi connectivity index (χ4n) is 2.60. The monoisotopic (exact) mass is 292 g/mol. The van der Waals surface area contributed by atoms with Gasteiger partial charge in [-0.05, 0) is 60.6 Å². The van der Waals surface area contributed by atoms with E-state index in [2.05, 4.69) is 70.3 Å². The van der Waals surface area contributed by atoms with Crippen LogP contribution in [-0.2, 0) is 6.42 Å². The summed E-state index contributed by atoms with van der Waals surface area (Å²) >= 11 is 0. The molecule has 0 amide bonds. The first-order valence-electron chi connectivity index (χ1n) is 7.99. The van der Waals surface area contributed by atoms with Crippen molar-refractivity contribution in [3.05, 3.63) is 83.4 Å². The van der Waals surface area contributed by atoms with Gasteiger partial charge in [-0.2, -0.15) is 0 Å². The second kappa shape index (κ2) is 8.38. The highest BCUT2D eigenvalue weighted by molar-refractivity contribution is 5.80. The highest BCUT2D eigenvalue weighted by Crippen LogP contribution is 2.30. The van der Waals surface area contributed by atoms with E-state index in [0.29, 0.717) is 0 Å². The van der Waals surface area contributed by atoms with Gasteiger partial charge in [0.15, 0.2) is 0 Å². The molecule has 0 fully saturated rings. The Labute approximate surface area is 136 Å². The summed E-state index contributed by atoms with van der Waals surface area (Å²) in [6.07, 6.45) is 0.879. The molecule has 0 aliphatic carbocycles. The van der Waals surface area contributed by atoms with E-state index in [4.69, 9.17) is 0 Å². The molecule has 0 aromatic heterocycles. The van der Waals surface area contributed by atoms with E-state index in [1.165, 1.54) is 27.8 Å². The average Bonchev–Trinajstić information content (AvgIpc) is 2.52. The Kier molecular flexibility index (Phi) is 6.85. The molecule has 2 aromatic rings. The Morgan fingerprint density at radius 1 is 0.909 bits per heavy atom. The topological polar surface area (TPSA) is 0 Å². The number of rotatable bonds is 4. The largest absolute Gasteiger partial charge is 0.0955 e. The number of allylic oxidation sites excluding steroid dienone is 2. The zero-order chi connectivity index (χ0) is 16.7. The molecule has 0 N–H and O–H groups in total. The van der Waals surface area contributed by atoms with Crippen LogP contribution in [0.3, 0.4) is 0 Å². The summed E-state index contributed by atoms with van der Waals surface area (Å²) in [4.78, 5) is 0. The molecule has 0 heteroatoms. The molecule has 116 valence electrons. The van der Waals surface area contributed by atoms with E-state index in [9.17, 15) is 0 Å². The smallest absolute Gasteiger partial charge is 0.00255 e. The van der Waals surface area contributed by atoms with Gasteiger partial charge < -0.3 is 0 Å². The van der Waals surface area contributed by atoms with Gasteiger partial charge in [0.1, 0.15) is 0 Å². The number of aryl methyl sites for hydroxylation is 1. The van der Waals surface area contributed by atoms with Crippen molar-refractivity contribution in [3.63, 3.8) is 0 Å². The zero-order valence-corrected chi connectivity index (χ0v) is 14.7. The Hall–Kier alpha value is -2.08. The van der Waals surface area contributed by atoms with Crippen LogP contribution in [0, 0.1) is 13.8 Å². The zero-order valence-electron chi connectivity index (χ0n) is 14.7. The maximum Gasteiger partial charge on any atom is -0.00255 e. The Morgan fingerprint density at radius 2 is 1.50 bits per heavy atom. The molecule has 0 saturated heterocycles. The van der Waals surface area contributed by atoms with Gasteiger partial charge in [0, 0.05) is 0 Å². The number of hydrogen-bond donors (Lipinski definition) is 0. The van der Waals surface area contributed by atoms with Crippen LogP contribution in [0.15, 0.2) is 55.6 Å². The molecular weight excluding hydrogens is 264 g/mol. The Morgan fingerprint density at radius 3 is 2.05 bits per heavy atom. The van der Waals surface area contributed by atoms with Gasteiger partial charge in [0.2, 0.25) is 0 Å². The minimum Gasteiger partial charge on any atom is -0.0955 e. The summed E-state index contributed by atoms with van der Waals surface area (Å²) in [5, 5.41) is 0. The van der Waals surface area contributed by atoms with E-state index >= 15 is 0 Å². The third-order valence-corrected chi connectivity index (χ3v) is 3.80. The predicted octanol–water partition coefficient (Wildman–Crippen LogP) is 6.62. The highest BCUT2D eigenvalue weighted by atomic mass is 14.2. The van der Waals surface area contributed by atoms with Crippen LogP contribution in [0.25, 0.3) is 11.1 Å². The lowest BCUT2D eigenvalue weighted by Crippen LogP contribution is -1.98. The molecule has 0 aliphatic rings. The molecule has 2 aromatic carbocycles. The molecule has 0 unspecified atom stereocenters. The molecule has 0 spiro atoms. The lowest BCUT2D eigenvalue weighted by molar-refractivity contribution is 1.25. The van der Waals surface area contributed by atoms with Gasteiger partial charge in [0.25, 0.3) is 0 Å². The summed E-state index contributed by atoms with van der Waals surface area (Å²) in [5.41, 5.74) is 8.65. The van der Waals surface area contributed by atoms with Crippen molar-refractivity contribution in [2.45, 2.75) is 41.0 Å². The van der Waals surface area contributed by atoms with Crippen molar-refractivity contribution in [1.82, 2.24) is 0 Å². The molecule has 0 bridgehead atoms.